The zero-order valence-corrected chi connectivity index (χ0v) is 12.8. The number of hydrogen-bond donors (Lipinski definition) is 2. The third kappa shape index (κ3) is 3.83. The van der Waals surface area contributed by atoms with Gasteiger partial charge >= 0.3 is 0 Å². The molecule has 1 aliphatic heterocycles. The summed E-state index contributed by atoms with van der Waals surface area (Å²) in [5.74, 6) is 1.28. The van der Waals surface area contributed by atoms with Crippen LogP contribution < -0.4 is 10.6 Å². The molecule has 0 radical (unpaired) electrons. The molecular weight excluding hydrogens is 248 g/mol. The first-order valence-corrected chi connectivity index (χ1v) is 7.64. The van der Waals surface area contributed by atoms with Crippen molar-refractivity contribution < 1.29 is 4.79 Å². The van der Waals surface area contributed by atoms with Gasteiger partial charge in [0.25, 0.3) is 0 Å². The van der Waals surface area contributed by atoms with Crippen molar-refractivity contribution in [3.63, 3.8) is 0 Å². The van der Waals surface area contributed by atoms with Crippen LogP contribution in [0.5, 0.6) is 0 Å². The molecule has 110 valence electrons. The number of carbonyl (C=O) groups is 1. The largest absolute Gasteiger partial charge is 0.326 e. The molecule has 1 aromatic rings. The van der Waals surface area contributed by atoms with E-state index >= 15 is 0 Å². The number of rotatable bonds is 4. The minimum atomic E-state index is 0.143. The quantitative estimate of drug-likeness (QED) is 0.884. The second-order valence-electron chi connectivity index (χ2n) is 6.06. The highest BCUT2D eigenvalue weighted by atomic mass is 16.1. The molecule has 0 bridgehead atoms. The normalized spacial score (nSPS) is 17.8. The van der Waals surface area contributed by atoms with E-state index in [2.05, 4.69) is 37.5 Å². The molecule has 0 spiro atoms. The van der Waals surface area contributed by atoms with Crippen molar-refractivity contribution in [1.29, 1.82) is 0 Å². The highest BCUT2D eigenvalue weighted by Gasteiger charge is 2.22. The highest BCUT2D eigenvalue weighted by molar-refractivity contribution is 5.91. The maximum atomic E-state index is 12.2. The lowest BCUT2D eigenvalue weighted by Crippen LogP contribution is -2.32. The smallest absolute Gasteiger partial charge is 0.224 e. The third-order valence-corrected chi connectivity index (χ3v) is 4.57. The van der Waals surface area contributed by atoms with E-state index in [1.807, 2.05) is 12.1 Å². The lowest BCUT2D eigenvalue weighted by Gasteiger charge is -2.28. The van der Waals surface area contributed by atoms with E-state index in [9.17, 15) is 4.79 Å². The molecule has 1 amide bonds. The summed E-state index contributed by atoms with van der Waals surface area (Å²) in [5, 5.41) is 6.44. The van der Waals surface area contributed by atoms with E-state index in [-0.39, 0.29) is 5.91 Å². The van der Waals surface area contributed by atoms with Crippen LogP contribution in [0.1, 0.15) is 37.3 Å². The molecular formula is C17H26N2O. The van der Waals surface area contributed by atoms with Gasteiger partial charge in [-0.2, -0.15) is 0 Å². The van der Waals surface area contributed by atoms with E-state index in [1.54, 1.807) is 0 Å². The monoisotopic (exact) mass is 274 g/mol. The average Bonchev–Trinajstić information content (AvgIpc) is 2.45. The number of aryl methyl sites for hydroxylation is 1. The highest BCUT2D eigenvalue weighted by Crippen LogP contribution is 2.25. The molecule has 3 nitrogen and oxygen atoms in total. The van der Waals surface area contributed by atoms with Gasteiger partial charge in [-0.3, -0.25) is 4.79 Å². The molecule has 0 aliphatic carbocycles. The Morgan fingerprint density at radius 3 is 2.75 bits per heavy atom. The Labute approximate surface area is 122 Å². The summed E-state index contributed by atoms with van der Waals surface area (Å²) >= 11 is 0. The van der Waals surface area contributed by atoms with Crippen molar-refractivity contribution in [2.24, 2.45) is 11.8 Å². The number of anilines is 1. The van der Waals surface area contributed by atoms with Gasteiger partial charge in [-0.25, -0.2) is 0 Å². The van der Waals surface area contributed by atoms with Crippen LogP contribution in [-0.2, 0) is 4.79 Å². The van der Waals surface area contributed by atoms with E-state index in [0.717, 1.165) is 24.3 Å². The Hall–Kier alpha value is -1.35. The maximum absolute atomic E-state index is 12.2. The topological polar surface area (TPSA) is 41.1 Å². The van der Waals surface area contributed by atoms with Gasteiger partial charge in [-0.15, -0.1) is 0 Å². The number of benzene rings is 1. The van der Waals surface area contributed by atoms with Crippen LogP contribution in [0.25, 0.3) is 0 Å². The standard InChI is InChI=1S/C17H26N2O/c1-12-5-4-6-16(14(12)3)19-17(20)11-13(2)15-7-9-18-10-8-15/h4-6,13,15,18H,7-11H2,1-3H3,(H,19,20). The molecule has 1 aromatic carbocycles. The second kappa shape index (κ2) is 6.89. The van der Waals surface area contributed by atoms with Gasteiger partial charge in [0, 0.05) is 12.1 Å². The lowest BCUT2D eigenvalue weighted by atomic mass is 9.84. The van der Waals surface area contributed by atoms with Crippen LogP contribution in [0.4, 0.5) is 5.69 Å². The summed E-state index contributed by atoms with van der Waals surface area (Å²) in [6, 6.07) is 6.05. The first kappa shape index (κ1) is 15.0. The van der Waals surface area contributed by atoms with E-state index in [0.29, 0.717) is 18.3 Å². The van der Waals surface area contributed by atoms with Crippen molar-refractivity contribution in [3.8, 4) is 0 Å². The molecule has 1 saturated heterocycles. The summed E-state index contributed by atoms with van der Waals surface area (Å²) in [6.45, 7) is 8.52. The van der Waals surface area contributed by atoms with Crippen molar-refractivity contribution >= 4 is 11.6 Å². The number of nitrogens with one attached hydrogen (secondary N) is 2. The Morgan fingerprint density at radius 1 is 1.35 bits per heavy atom. The number of hydrogen-bond acceptors (Lipinski definition) is 2. The number of carbonyl (C=O) groups excluding carboxylic acids is 1. The second-order valence-corrected chi connectivity index (χ2v) is 6.06. The van der Waals surface area contributed by atoms with E-state index < -0.39 is 0 Å². The van der Waals surface area contributed by atoms with Crippen molar-refractivity contribution in [2.45, 2.75) is 40.0 Å². The summed E-state index contributed by atoms with van der Waals surface area (Å²) in [5.41, 5.74) is 3.33. The maximum Gasteiger partial charge on any atom is 0.224 e. The molecule has 1 atom stereocenters. The molecule has 1 heterocycles. The Kier molecular flexibility index (Phi) is 5.18. The Bertz CT molecular complexity index is 464. The van der Waals surface area contributed by atoms with Gasteiger partial charge < -0.3 is 10.6 Å². The minimum absolute atomic E-state index is 0.143. The van der Waals surface area contributed by atoms with Gasteiger partial charge in [0.15, 0.2) is 0 Å². The van der Waals surface area contributed by atoms with Gasteiger partial charge in [0.2, 0.25) is 5.91 Å². The SMILES string of the molecule is Cc1cccc(NC(=O)CC(C)C2CCNCC2)c1C. The summed E-state index contributed by atoms with van der Waals surface area (Å²) in [7, 11) is 0. The molecule has 1 unspecified atom stereocenters. The zero-order valence-electron chi connectivity index (χ0n) is 12.8. The molecule has 0 saturated carbocycles. The molecule has 0 aromatic heterocycles. The molecule has 2 rings (SSSR count). The molecule has 2 N–H and O–H groups in total. The first-order valence-electron chi connectivity index (χ1n) is 7.64. The van der Waals surface area contributed by atoms with E-state index in [1.165, 1.54) is 18.4 Å². The van der Waals surface area contributed by atoms with E-state index in [4.69, 9.17) is 0 Å². The van der Waals surface area contributed by atoms with Crippen molar-refractivity contribution in [1.82, 2.24) is 5.32 Å². The number of piperidine rings is 1. The predicted molar refractivity (Wildman–Crippen MR) is 83.9 cm³/mol. The van der Waals surface area contributed by atoms with Gasteiger partial charge in [0.1, 0.15) is 0 Å². The van der Waals surface area contributed by atoms with Crippen LogP contribution in [-0.4, -0.2) is 19.0 Å². The lowest BCUT2D eigenvalue weighted by molar-refractivity contribution is -0.117. The summed E-state index contributed by atoms with van der Waals surface area (Å²) < 4.78 is 0. The minimum Gasteiger partial charge on any atom is -0.326 e. The molecule has 1 fully saturated rings. The fraction of sp³-hybridized carbons (Fsp3) is 0.588. The predicted octanol–water partition coefficient (Wildman–Crippen LogP) is 3.27. The van der Waals surface area contributed by atoms with Gasteiger partial charge in [-0.1, -0.05) is 19.1 Å². The Morgan fingerprint density at radius 2 is 2.05 bits per heavy atom. The summed E-state index contributed by atoms with van der Waals surface area (Å²) in [6.07, 6.45) is 3.01. The first-order chi connectivity index (χ1) is 9.58. The van der Waals surface area contributed by atoms with Crippen LogP contribution in [0.2, 0.25) is 0 Å². The van der Waals surface area contributed by atoms with Crippen LogP contribution in [0.15, 0.2) is 18.2 Å². The van der Waals surface area contributed by atoms with Gasteiger partial charge in [-0.05, 0) is 68.8 Å². The molecule has 3 heteroatoms. The van der Waals surface area contributed by atoms with Crippen molar-refractivity contribution in [3.05, 3.63) is 29.3 Å². The third-order valence-electron chi connectivity index (χ3n) is 4.57. The summed E-state index contributed by atoms with van der Waals surface area (Å²) in [4.78, 5) is 12.2. The van der Waals surface area contributed by atoms with Crippen LogP contribution >= 0.6 is 0 Å². The molecule has 20 heavy (non-hydrogen) atoms. The Balaban J connectivity index is 1.90. The van der Waals surface area contributed by atoms with Crippen molar-refractivity contribution in [2.75, 3.05) is 18.4 Å². The molecule has 1 aliphatic rings. The number of amides is 1. The zero-order chi connectivity index (χ0) is 14.5. The van der Waals surface area contributed by atoms with Crippen LogP contribution in [0.3, 0.4) is 0 Å². The van der Waals surface area contributed by atoms with Gasteiger partial charge in [0.05, 0.1) is 0 Å². The fourth-order valence-electron chi connectivity index (χ4n) is 2.96. The van der Waals surface area contributed by atoms with Crippen LogP contribution in [0, 0.1) is 25.7 Å². The average molecular weight is 274 g/mol. The fourth-order valence-corrected chi connectivity index (χ4v) is 2.96.